The fourth-order valence-electron chi connectivity index (χ4n) is 4.54. The molecule has 168 valence electrons. The molecule has 4 rings (SSSR count). The molecule has 6 heteroatoms. The Hall–Kier alpha value is -2.60. The predicted octanol–water partition coefficient (Wildman–Crippen LogP) is 5.30. The Kier molecular flexibility index (Phi) is 7.30. The Morgan fingerprint density at radius 3 is 2.31 bits per heavy atom. The van der Waals surface area contributed by atoms with Crippen molar-refractivity contribution in [2.75, 3.05) is 5.75 Å². The Balaban J connectivity index is 1.58. The Labute approximate surface area is 195 Å². The molecular weight excluding hydrogens is 416 g/mol. The quantitative estimate of drug-likeness (QED) is 0.460. The number of benzene rings is 2. The van der Waals surface area contributed by atoms with Gasteiger partial charge in [-0.1, -0.05) is 61.2 Å². The Bertz CT molecular complexity index is 1020. The number of rotatable bonds is 7. The van der Waals surface area contributed by atoms with Gasteiger partial charge < -0.3 is 4.90 Å². The monoisotopic (exact) mass is 448 g/mol. The molecule has 0 aliphatic carbocycles. The molecule has 0 saturated carbocycles. The van der Waals surface area contributed by atoms with E-state index in [-0.39, 0.29) is 5.91 Å². The third kappa shape index (κ3) is 5.07. The number of nitrogens with zero attached hydrogens (tertiary/aromatic N) is 4. The van der Waals surface area contributed by atoms with Crippen LogP contribution in [-0.4, -0.2) is 43.4 Å². The molecule has 32 heavy (non-hydrogen) atoms. The third-order valence-corrected chi connectivity index (χ3v) is 7.23. The molecule has 1 aliphatic heterocycles. The van der Waals surface area contributed by atoms with Crippen molar-refractivity contribution >= 4 is 17.7 Å². The normalized spacial score (nSPS) is 18.7. The number of thioether (sulfide) groups is 1. The molecule has 0 spiro atoms. The van der Waals surface area contributed by atoms with Crippen molar-refractivity contribution in [1.82, 2.24) is 19.7 Å². The van der Waals surface area contributed by atoms with Crippen LogP contribution < -0.4 is 0 Å². The standard InChI is InChI=1S/C26H32N4OS/c1-4-21-13-15-23(16-14-21)30-24(17-22-11-6-5-7-12-22)27-28-26(30)32-18-25(31)29-19(2)9-8-10-20(29)3/h5-7,11-16,19-20H,4,8-10,17-18H2,1-3H3/t19-,20-/m0/s1. The molecule has 2 heterocycles. The van der Waals surface area contributed by atoms with Gasteiger partial charge in [-0.2, -0.15) is 0 Å². The lowest BCUT2D eigenvalue weighted by Gasteiger charge is -2.39. The van der Waals surface area contributed by atoms with Crippen LogP contribution in [0.25, 0.3) is 5.69 Å². The lowest BCUT2D eigenvalue weighted by Crippen LogP contribution is -2.48. The van der Waals surface area contributed by atoms with Crippen molar-refractivity contribution in [3.63, 3.8) is 0 Å². The van der Waals surface area contributed by atoms with Crippen LogP contribution in [0.2, 0.25) is 0 Å². The van der Waals surface area contributed by atoms with Gasteiger partial charge in [0.05, 0.1) is 5.75 Å². The van der Waals surface area contributed by atoms with Gasteiger partial charge in [0, 0.05) is 24.2 Å². The second-order valence-corrected chi connectivity index (χ2v) is 9.58. The Morgan fingerprint density at radius 1 is 0.969 bits per heavy atom. The van der Waals surface area contributed by atoms with Crippen LogP contribution in [0.4, 0.5) is 0 Å². The van der Waals surface area contributed by atoms with E-state index in [0.29, 0.717) is 24.3 Å². The van der Waals surface area contributed by atoms with E-state index in [1.165, 1.54) is 29.3 Å². The molecule has 2 atom stereocenters. The molecule has 0 unspecified atom stereocenters. The van der Waals surface area contributed by atoms with Gasteiger partial charge in [0.1, 0.15) is 5.82 Å². The maximum absolute atomic E-state index is 13.1. The average molecular weight is 449 g/mol. The number of hydrogen-bond acceptors (Lipinski definition) is 4. The SMILES string of the molecule is CCc1ccc(-n2c(Cc3ccccc3)nnc2SCC(=O)N2[C@@H](C)CCC[C@@H]2C)cc1. The van der Waals surface area contributed by atoms with E-state index in [2.05, 4.69) is 76.8 Å². The highest BCUT2D eigenvalue weighted by Crippen LogP contribution is 2.27. The van der Waals surface area contributed by atoms with E-state index in [1.807, 2.05) is 18.2 Å². The van der Waals surface area contributed by atoms with E-state index in [4.69, 9.17) is 0 Å². The van der Waals surface area contributed by atoms with Gasteiger partial charge >= 0.3 is 0 Å². The van der Waals surface area contributed by atoms with Crippen molar-refractivity contribution in [3.05, 3.63) is 71.5 Å². The van der Waals surface area contributed by atoms with Crippen LogP contribution >= 0.6 is 11.8 Å². The molecule has 0 bridgehead atoms. The molecule has 1 fully saturated rings. The van der Waals surface area contributed by atoms with E-state index in [0.717, 1.165) is 35.9 Å². The lowest BCUT2D eigenvalue weighted by atomic mass is 9.98. The van der Waals surface area contributed by atoms with E-state index >= 15 is 0 Å². The molecule has 1 amide bonds. The number of amides is 1. The number of hydrogen-bond donors (Lipinski definition) is 0. The molecule has 1 saturated heterocycles. The first kappa shape index (κ1) is 22.6. The van der Waals surface area contributed by atoms with Crippen LogP contribution in [0.1, 0.15) is 57.0 Å². The number of piperidine rings is 1. The first-order valence-electron chi connectivity index (χ1n) is 11.6. The number of likely N-dealkylation sites (tertiary alicyclic amines) is 1. The molecular formula is C26H32N4OS. The number of aromatic nitrogens is 3. The highest BCUT2D eigenvalue weighted by atomic mass is 32.2. The molecule has 1 aliphatic rings. The molecule has 5 nitrogen and oxygen atoms in total. The number of aryl methyl sites for hydroxylation is 1. The second kappa shape index (κ2) is 10.3. The van der Waals surface area contributed by atoms with Gasteiger partial charge in [-0.15, -0.1) is 10.2 Å². The van der Waals surface area contributed by atoms with Gasteiger partial charge in [-0.05, 0) is 62.8 Å². The largest absolute Gasteiger partial charge is 0.337 e. The lowest BCUT2D eigenvalue weighted by molar-refractivity contribution is -0.134. The first-order valence-corrected chi connectivity index (χ1v) is 12.6. The fraction of sp³-hybridized carbons (Fsp3) is 0.423. The van der Waals surface area contributed by atoms with Gasteiger partial charge in [-0.25, -0.2) is 0 Å². The van der Waals surface area contributed by atoms with E-state index in [1.54, 1.807) is 0 Å². The van der Waals surface area contributed by atoms with Crippen molar-refractivity contribution in [3.8, 4) is 5.69 Å². The predicted molar refractivity (Wildman–Crippen MR) is 130 cm³/mol. The second-order valence-electron chi connectivity index (χ2n) is 8.64. The zero-order chi connectivity index (χ0) is 22.5. The van der Waals surface area contributed by atoms with E-state index in [9.17, 15) is 4.79 Å². The molecule has 1 aromatic heterocycles. The van der Waals surface area contributed by atoms with Gasteiger partial charge in [0.2, 0.25) is 5.91 Å². The van der Waals surface area contributed by atoms with Gasteiger partial charge in [-0.3, -0.25) is 9.36 Å². The summed E-state index contributed by atoms with van der Waals surface area (Å²) in [7, 11) is 0. The summed E-state index contributed by atoms with van der Waals surface area (Å²) in [5.41, 5.74) is 3.52. The maximum atomic E-state index is 13.1. The molecule has 0 N–H and O–H groups in total. The van der Waals surface area contributed by atoms with Gasteiger partial charge in [0.15, 0.2) is 5.16 Å². The highest BCUT2D eigenvalue weighted by Gasteiger charge is 2.29. The zero-order valence-corrected chi connectivity index (χ0v) is 20.0. The zero-order valence-electron chi connectivity index (χ0n) is 19.2. The van der Waals surface area contributed by atoms with Crippen LogP contribution in [0.5, 0.6) is 0 Å². The summed E-state index contributed by atoms with van der Waals surface area (Å²) >= 11 is 1.49. The van der Waals surface area contributed by atoms with Crippen molar-refractivity contribution in [2.24, 2.45) is 0 Å². The van der Waals surface area contributed by atoms with Crippen molar-refractivity contribution in [2.45, 2.75) is 70.1 Å². The first-order chi connectivity index (χ1) is 15.6. The minimum Gasteiger partial charge on any atom is -0.337 e. The summed E-state index contributed by atoms with van der Waals surface area (Å²) in [5.74, 6) is 1.45. The summed E-state index contributed by atoms with van der Waals surface area (Å²) in [6.07, 6.45) is 5.06. The fourth-order valence-corrected chi connectivity index (χ4v) is 5.38. The van der Waals surface area contributed by atoms with Crippen LogP contribution in [0, 0.1) is 0 Å². The molecule has 2 aromatic carbocycles. The maximum Gasteiger partial charge on any atom is 0.233 e. The average Bonchev–Trinajstić information content (AvgIpc) is 3.20. The minimum atomic E-state index is 0.190. The summed E-state index contributed by atoms with van der Waals surface area (Å²) in [6.45, 7) is 6.48. The number of carbonyl (C=O) groups is 1. The van der Waals surface area contributed by atoms with Crippen LogP contribution in [0.15, 0.2) is 59.8 Å². The summed E-state index contributed by atoms with van der Waals surface area (Å²) < 4.78 is 2.10. The van der Waals surface area contributed by atoms with Gasteiger partial charge in [0.25, 0.3) is 0 Å². The van der Waals surface area contributed by atoms with Crippen LogP contribution in [0.3, 0.4) is 0 Å². The molecule has 3 aromatic rings. The van der Waals surface area contributed by atoms with Crippen molar-refractivity contribution in [1.29, 1.82) is 0 Å². The highest BCUT2D eigenvalue weighted by molar-refractivity contribution is 7.99. The summed E-state index contributed by atoms with van der Waals surface area (Å²) in [5, 5.41) is 9.78. The molecule has 0 radical (unpaired) electrons. The topological polar surface area (TPSA) is 51.0 Å². The van der Waals surface area contributed by atoms with Crippen molar-refractivity contribution < 1.29 is 4.79 Å². The third-order valence-electron chi connectivity index (χ3n) is 6.31. The van der Waals surface area contributed by atoms with E-state index < -0.39 is 0 Å². The smallest absolute Gasteiger partial charge is 0.233 e. The minimum absolute atomic E-state index is 0.190. The van der Waals surface area contributed by atoms with Crippen LogP contribution in [-0.2, 0) is 17.6 Å². The summed E-state index contributed by atoms with van der Waals surface area (Å²) in [6, 6.07) is 19.5. The number of carbonyl (C=O) groups excluding carboxylic acids is 1. The summed E-state index contributed by atoms with van der Waals surface area (Å²) in [4.78, 5) is 15.1. The Morgan fingerprint density at radius 2 is 1.66 bits per heavy atom.